The zero-order valence-electron chi connectivity index (χ0n) is 30.2. The van der Waals surface area contributed by atoms with Crippen LogP contribution < -0.4 is 0 Å². The average Bonchev–Trinajstić information content (AvgIpc) is 3.83. The van der Waals surface area contributed by atoms with Gasteiger partial charge in [-0.15, -0.1) is 0 Å². The highest BCUT2D eigenvalue weighted by molar-refractivity contribution is 6.24. The first kappa shape index (κ1) is 31.9. The van der Waals surface area contributed by atoms with Crippen molar-refractivity contribution in [2.45, 2.75) is 0 Å². The number of fused-ring (bicyclic) bond motifs is 7. The molecule has 0 spiro atoms. The Labute approximate surface area is 322 Å². The number of nitrogens with zero attached hydrogens (tertiary/aromatic N) is 4. The maximum absolute atomic E-state index is 6.70. The van der Waals surface area contributed by atoms with E-state index < -0.39 is 0 Å². The molecule has 11 rings (SSSR count). The molecule has 3 heterocycles. The fourth-order valence-corrected chi connectivity index (χ4v) is 8.00. The number of benzene rings is 8. The fraction of sp³-hybridized carbons (Fsp3) is 0. The van der Waals surface area contributed by atoms with Gasteiger partial charge in [-0.25, -0.2) is 15.0 Å². The van der Waals surface area contributed by atoms with Crippen LogP contribution in [0.5, 0.6) is 0 Å². The van der Waals surface area contributed by atoms with Gasteiger partial charge in [-0.1, -0.05) is 152 Å². The molecule has 56 heavy (non-hydrogen) atoms. The third-order valence-corrected chi connectivity index (χ3v) is 10.7. The lowest BCUT2D eigenvalue weighted by molar-refractivity contribution is 0.673. The van der Waals surface area contributed by atoms with E-state index >= 15 is 0 Å². The molecule has 0 aliphatic rings. The van der Waals surface area contributed by atoms with Crippen LogP contribution in [0.4, 0.5) is 0 Å². The number of furan rings is 1. The van der Waals surface area contributed by atoms with Gasteiger partial charge in [0.1, 0.15) is 11.2 Å². The summed E-state index contributed by atoms with van der Waals surface area (Å²) < 4.78 is 9.04. The summed E-state index contributed by atoms with van der Waals surface area (Å²) in [5.41, 5.74) is 12.2. The molecule has 0 saturated carbocycles. The van der Waals surface area contributed by atoms with E-state index in [1.165, 1.54) is 0 Å². The third-order valence-electron chi connectivity index (χ3n) is 10.7. The van der Waals surface area contributed by atoms with E-state index in [1.54, 1.807) is 0 Å². The topological polar surface area (TPSA) is 56.7 Å². The molecule has 0 radical (unpaired) electrons. The number of rotatable bonds is 6. The van der Waals surface area contributed by atoms with Crippen molar-refractivity contribution in [2.75, 3.05) is 0 Å². The molecule has 11 aromatic rings. The van der Waals surface area contributed by atoms with Crippen LogP contribution >= 0.6 is 0 Å². The van der Waals surface area contributed by atoms with Crippen LogP contribution in [0.3, 0.4) is 0 Å². The fourth-order valence-electron chi connectivity index (χ4n) is 8.00. The Morgan fingerprint density at radius 3 is 1.61 bits per heavy atom. The van der Waals surface area contributed by atoms with Gasteiger partial charge in [0.25, 0.3) is 0 Å². The second-order valence-corrected chi connectivity index (χ2v) is 14.0. The Morgan fingerprint density at radius 1 is 0.357 bits per heavy atom. The monoisotopic (exact) mass is 716 g/mol. The maximum Gasteiger partial charge on any atom is 0.166 e. The Bertz CT molecular complexity index is 3220. The van der Waals surface area contributed by atoms with Crippen molar-refractivity contribution in [2.24, 2.45) is 0 Å². The molecule has 0 aliphatic carbocycles. The first-order valence-corrected chi connectivity index (χ1v) is 18.8. The number of hydrogen-bond acceptors (Lipinski definition) is 4. The summed E-state index contributed by atoms with van der Waals surface area (Å²) in [5.74, 6) is 1.82. The van der Waals surface area contributed by atoms with E-state index in [-0.39, 0.29) is 0 Å². The van der Waals surface area contributed by atoms with Crippen molar-refractivity contribution in [3.05, 3.63) is 194 Å². The van der Waals surface area contributed by atoms with Gasteiger partial charge in [-0.2, -0.15) is 0 Å². The summed E-state index contributed by atoms with van der Waals surface area (Å²) in [4.78, 5) is 15.4. The number of aromatic nitrogens is 4. The highest BCUT2D eigenvalue weighted by atomic mass is 16.3. The number of para-hydroxylation sites is 2. The zero-order valence-corrected chi connectivity index (χ0v) is 30.2. The van der Waals surface area contributed by atoms with Gasteiger partial charge >= 0.3 is 0 Å². The van der Waals surface area contributed by atoms with Gasteiger partial charge in [-0.3, -0.25) is 0 Å². The second kappa shape index (κ2) is 13.0. The minimum absolute atomic E-state index is 0.595. The van der Waals surface area contributed by atoms with Crippen LogP contribution in [0.2, 0.25) is 0 Å². The van der Waals surface area contributed by atoms with Crippen molar-refractivity contribution in [1.29, 1.82) is 0 Å². The molecule has 5 nitrogen and oxygen atoms in total. The first-order valence-electron chi connectivity index (χ1n) is 18.8. The van der Waals surface area contributed by atoms with Crippen LogP contribution in [-0.2, 0) is 0 Å². The predicted octanol–water partition coefficient (Wildman–Crippen LogP) is 13.2. The molecular weight excluding hydrogens is 685 g/mol. The van der Waals surface area contributed by atoms with E-state index in [0.29, 0.717) is 17.5 Å². The van der Waals surface area contributed by atoms with E-state index in [4.69, 9.17) is 19.4 Å². The lowest BCUT2D eigenvalue weighted by atomic mass is 10.0. The molecule has 3 aromatic heterocycles. The first-order chi connectivity index (χ1) is 27.8. The van der Waals surface area contributed by atoms with Crippen LogP contribution in [0.15, 0.2) is 199 Å². The van der Waals surface area contributed by atoms with Crippen molar-refractivity contribution in [3.63, 3.8) is 0 Å². The standard InChI is InChI=1S/C51H32N4O/c1-4-14-33(15-5-1)35-24-26-37(27-25-35)50-52-49(36-18-8-3-9-19-36)53-51(54-50)41-21-10-12-22-43(41)55-44-30-28-38(34-16-6-2-7-17-34)32-42(44)47-45(55)31-29-40-39-20-11-13-23-46(39)56-48(40)47/h1-32H. The van der Waals surface area contributed by atoms with Gasteiger partial charge < -0.3 is 8.98 Å². The van der Waals surface area contributed by atoms with Crippen LogP contribution in [0, 0.1) is 0 Å². The lowest BCUT2D eigenvalue weighted by Crippen LogP contribution is -2.03. The minimum Gasteiger partial charge on any atom is -0.455 e. The molecule has 0 fully saturated rings. The smallest absolute Gasteiger partial charge is 0.166 e. The van der Waals surface area contributed by atoms with Crippen molar-refractivity contribution >= 4 is 43.7 Å². The summed E-state index contributed by atoms with van der Waals surface area (Å²) in [6.07, 6.45) is 0. The minimum atomic E-state index is 0.595. The van der Waals surface area contributed by atoms with Gasteiger partial charge in [0.05, 0.1) is 22.1 Å². The van der Waals surface area contributed by atoms with Crippen molar-refractivity contribution in [1.82, 2.24) is 19.5 Å². The van der Waals surface area contributed by atoms with E-state index in [9.17, 15) is 0 Å². The van der Waals surface area contributed by atoms with Crippen LogP contribution in [-0.4, -0.2) is 19.5 Å². The molecule has 0 bridgehead atoms. The summed E-state index contributed by atoms with van der Waals surface area (Å²) >= 11 is 0. The predicted molar refractivity (Wildman–Crippen MR) is 229 cm³/mol. The summed E-state index contributed by atoms with van der Waals surface area (Å²) in [6.45, 7) is 0. The molecular formula is C51H32N4O. The van der Waals surface area contributed by atoms with Gasteiger partial charge in [0, 0.05) is 32.8 Å². The second-order valence-electron chi connectivity index (χ2n) is 14.0. The molecule has 0 amide bonds. The average molecular weight is 717 g/mol. The van der Waals surface area contributed by atoms with Crippen LogP contribution in [0.25, 0.3) is 106 Å². The molecule has 262 valence electrons. The normalized spacial score (nSPS) is 11.6. The molecule has 0 N–H and O–H groups in total. The van der Waals surface area contributed by atoms with Gasteiger partial charge in [-0.05, 0) is 64.7 Å². The van der Waals surface area contributed by atoms with Crippen LogP contribution in [0.1, 0.15) is 0 Å². The highest BCUT2D eigenvalue weighted by Gasteiger charge is 2.22. The van der Waals surface area contributed by atoms with Crippen molar-refractivity contribution in [3.8, 4) is 62.1 Å². The molecule has 0 saturated heterocycles. The summed E-state index contributed by atoms with van der Waals surface area (Å²) in [7, 11) is 0. The van der Waals surface area contributed by atoms with E-state index in [0.717, 1.165) is 88.4 Å². The van der Waals surface area contributed by atoms with E-state index in [2.05, 4.69) is 150 Å². The summed E-state index contributed by atoms with van der Waals surface area (Å²) in [6, 6.07) is 67.3. The maximum atomic E-state index is 6.70. The Kier molecular flexibility index (Phi) is 7.42. The molecule has 0 unspecified atom stereocenters. The third kappa shape index (κ3) is 5.29. The SMILES string of the molecule is c1ccc(-c2ccc(-c3nc(-c4ccccc4)nc(-c4ccccc4-n4c5ccc(-c6ccccc6)cc5c5c6oc7ccccc7c6ccc54)n3)cc2)cc1. The molecule has 0 atom stereocenters. The largest absolute Gasteiger partial charge is 0.455 e. The Hall–Kier alpha value is -7.63. The Balaban J connectivity index is 1.15. The molecule has 5 heteroatoms. The highest BCUT2D eigenvalue weighted by Crippen LogP contribution is 2.43. The Morgan fingerprint density at radius 2 is 0.875 bits per heavy atom. The zero-order chi connectivity index (χ0) is 37.0. The number of hydrogen-bond donors (Lipinski definition) is 0. The van der Waals surface area contributed by atoms with E-state index in [1.807, 2.05) is 48.5 Å². The lowest BCUT2D eigenvalue weighted by Gasteiger charge is -2.15. The molecule has 0 aliphatic heterocycles. The van der Waals surface area contributed by atoms with Gasteiger partial charge in [0.15, 0.2) is 17.5 Å². The molecule has 8 aromatic carbocycles. The van der Waals surface area contributed by atoms with Crippen molar-refractivity contribution < 1.29 is 4.42 Å². The quantitative estimate of drug-likeness (QED) is 0.172. The summed E-state index contributed by atoms with van der Waals surface area (Å²) in [5, 5.41) is 4.38. The van der Waals surface area contributed by atoms with Gasteiger partial charge in [0.2, 0.25) is 0 Å².